The van der Waals surface area contributed by atoms with E-state index in [1.54, 1.807) is 45.8 Å². The molecule has 0 bridgehead atoms. The Morgan fingerprint density at radius 3 is 2.07 bits per heavy atom. The minimum absolute atomic E-state index is 0.127. The second kappa shape index (κ2) is 25.9. The summed E-state index contributed by atoms with van der Waals surface area (Å²) in [6, 6.07) is 20.6. The number of ketones is 3. The van der Waals surface area contributed by atoms with Gasteiger partial charge in [0, 0.05) is 49.7 Å². The molecule has 1 fully saturated rings. The van der Waals surface area contributed by atoms with Gasteiger partial charge in [-0.2, -0.15) is 0 Å². The van der Waals surface area contributed by atoms with Gasteiger partial charge in [0.05, 0.1) is 23.8 Å². The highest BCUT2D eigenvalue weighted by molar-refractivity contribution is 6.38. The largest absolute Gasteiger partial charge is 0.461 e. The van der Waals surface area contributed by atoms with Crippen LogP contribution in [0.1, 0.15) is 112 Å². The van der Waals surface area contributed by atoms with Crippen LogP contribution in [0.5, 0.6) is 0 Å². The van der Waals surface area contributed by atoms with Gasteiger partial charge in [0.1, 0.15) is 25.9 Å². The Balaban J connectivity index is 1.50. The summed E-state index contributed by atoms with van der Waals surface area (Å²) in [5, 5.41) is 26.0. The second-order valence-corrected chi connectivity index (χ2v) is 21.1. The maximum Gasteiger partial charge on any atom is 0.407 e. The summed E-state index contributed by atoms with van der Waals surface area (Å²) in [7, 11) is 0. The lowest BCUT2D eigenvalue weighted by Gasteiger charge is -2.35. The van der Waals surface area contributed by atoms with Gasteiger partial charge in [-0.3, -0.25) is 34.4 Å². The molecule has 16 heteroatoms. The number of ether oxygens (including phenoxy) is 2. The number of carbonyl (C=O) groups is 7. The van der Waals surface area contributed by atoms with E-state index >= 15 is 0 Å². The van der Waals surface area contributed by atoms with Crippen LogP contribution >= 0.6 is 0 Å². The number of amides is 3. The number of aromatic nitrogens is 1. The molecule has 0 saturated carbocycles. The van der Waals surface area contributed by atoms with Crippen molar-refractivity contribution in [2.45, 2.75) is 132 Å². The number of piperidine rings is 1. The van der Waals surface area contributed by atoms with Crippen LogP contribution in [0.2, 0.25) is 0 Å². The van der Waals surface area contributed by atoms with Gasteiger partial charge in [0.15, 0.2) is 11.6 Å². The molecule has 70 heavy (non-hydrogen) atoms. The van der Waals surface area contributed by atoms with Crippen LogP contribution in [0.25, 0.3) is 11.3 Å². The van der Waals surface area contributed by atoms with Gasteiger partial charge in [0.25, 0.3) is 5.91 Å². The number of aliphatic hydroxyl groups excluding tert-OH is 2. The Kier molecular flexibility index (Phi) is 21.0. The van der Waals surface area contributed by atoms with Gasteiger partial charge in [-0.05, 0) is 72.1 Å². The molecule has 1 unspecified atom stereocenters. The fourth-order valence-electron chi connectivity index (χ4n) is 8.33. The van der Waals surface area contributed by atoms with E-state index in [1.165, 1.54) is 4.90 Å². The number of aliphatic hydroxyl groups is 2. The molecule has 1 aliphatic heterocycles. The number of hydrogen-bond acceptors (Lipinski definition) is 13. The number of nitrogens with zero attached hydrogens (tertiary/aromatic N) is 3. The minimum Gasteiger partial charge on any atom is -0.461 e. The Bertz CT molecular complexity index is 2220. The number of hydrazine groups is 1. The normalized spacial score (nSPS) is 16.1. The zero-order valence-electron chi connectivity index (χ0n) is 42.5. The van der Waals surface area contributed by atoms with E-state index in [-0.39, 0.29) is 57.9 Å². The summed E-state index contributed by atoms with van der Waals surface area (Å²) in [6.07, 6.45) is 1.57. The average Bonchev–Trinajstić information content (AvgIpc) is 3.32. The van der Waals surface area contributed by atoms with Gasteiger partial charge in [-0.1, -0.05) is 123 Å². The molecule has 1 aliphatic rings. The molecular formula is C54H75N5O11. The predicted octanol–water partition coefficient (Wildman–Crippen LogP) is 6.45. The van der Waals surface area contributed by atoms with Crippen molar-refractivity contribution in [2.24, 2.45) is 28.1 Å². The summed E-state index contributed by atoms with van der Waals surface area (Å²) >= 11 is 0. The van der Waals surface area contributed by atoms with E-state index in [1.807, 2.05) is 100 Å². The predicted molar refractivity (Wildman–Crippen MR) is 264 cm³/mol. The van der Waals surface area contributed by atoms with Crippen LogP contribution in [-0.4, -0.2) is 117 Å². The SMILES string of the molecule is CCC(C)(C)C(=O)C(=O)N1CCCCC1C(=O)OCCOC(=O)N[C@H](C(=O)C[C@@H](Cc1ccccc1)[C@@H](O)CN(Cc1ccc(-c2ccccn2)cc1)NC(=O)[C@@H](CC(=O)CO)C(C)(C)C)C(C)(C)C. The molecule has 2 heterocycles. The zero-order valence-corrected chi connectivity index (χ0v) is 42.5. The Labute approximate surface area is 413 Å². The number of pyridine rings is 1. The Morgan fingerprint density at radius 1 is 0.814 bits per heavy atom. The summed E-state index contributed by atoms with van der Waals surface area (Å²) in [6.45, 7) is 14.9. The molecule has 3 aromatic rings. The molecule has 382 valence electrons. The van der Waals surface area contributed by atoms with E-state index < -0.39 is 88.3 Å². The zero-order chi connectivity index (χ0) is 51.8. The van der Waals surface area contributed by atoms with Crippen molar-refractivity contribution in [3.8, 4) is 11.3 Å². The summed E-state index contributed by atoms with van der Waals surface area (Å²) in [5.41, 5.74) is 3.90. The Morgan fingerprint density at radius 2 is 1.47 bits per heavy atom. The standard InChI is InChI=1S/C54H75N5O11/c1-10-54(8,9)47(64)49(66)59-27-17-15-21-43(59)50(67)69-28-29-70-51(68)56-46(53(5,6)7)44(62)31-39(30-36-18-12-11-13-19-36)45(63)34-58(57-48(65)41(52(2,3)4)32-40(61)35-60)33-37-22-24-38(25-23-37)42-20-14-16-26-55-42/h11-14,16,18-20,22-26,39,41,43,45-46,60,63H,10,15,17,21,27-35H2,1-9H3,(H,56,68)(H,57,65)/t39-,41-,43?,45+,46-/m1/s1. The molecule has 2 aromatic carbocycles. The maximum atomic E-state index is 14.4. The quantitative estimate of drug-likeness (QED) is 0.0329. The van der Waals surface area contributed by atoms with Crippen molar-refractivity contribution in [1.82, 2.24) is 25.6 Å². The van der Waals surface area contributed by atoms with Crippen LogP contribution < -0.4 is 10.7 Å². The molecule has 4 rings (SSSR count). The molecule has 4 N–H and O–H groups in total. The fraction of sp³-hybridized carbons (Fsp3) is 0.556. The van der Waals surface area contributed by atoms with Crippen molar-refractivity contribution >= 4 is 41.2 Å². The number of carbonyl (C=O) groups excluding carboxylic acids is 7. The molecule has 0 radical (unpaired) electrons. The number of Topliss-reactive ketones (excluding diaryl/α,β-unsaturated/α-hetero) is 3. The van der Waals surface area contributed by atoms with Crippen LogP contribution in [0.3, 0.4) is 0 Å². The van der Waals surface area contributed by atoms with Gasteiger partial charge in [-0.25, -0.2) is 14.6 Å². The topological polar surface area (TPSA) is 222 Å². The second-order valence-electron chi connectivity index (χ2n) is 21.1. The first kappa shape index (κ1) is 56.7. The fourth-order valence-corrected chi connectivity index (χ4v) is 8.33. The lowest BCUT2D eigenvalue weighted by Crippen LogP contribution is -2.53. The van der Waals surface area contributed by atoms with Crippen LogP contribution in [0.4, 0.5) is 4.79 Å². The highest BCUT2D eigenvalue weighted by Gasteiger charge is 2.41. The third-order valence-corrected chi connectivity index (χ3v) is 13.0. The molecule has 16 nitrogen and oxygen atoms in total. The third kappa shape index (κ3) is 16.9. The first-order chi connectivity index (χ1) is 32.9. The van der Waals surface area contributed by atoms with Gasteiger partial charge < -0.3 is 29.9 Å². The first-order valence-electron chi connectivity index (χ1n) is 24.3. The van der Waals surface area contributed by atoms with Crippen molar-refractivity contribution in [3.63, 3.8) is 0 Å². The molecule has 1 saturated heterocycles. The first-order valence-corrected chi connectivity index (χ1v) is 24.3. The molecule has 0 spiro atoms. The maximum absolute atomic E-state index is 14.4. The van der Waals surface area contributed by atoms with E-state index in [0.29, 0.717) is 25.7 Å². The van der Waals surface area contributed by atoms with E-state index in [9.17, 15) is 43.8 Å². The van der Waals surface area contributed by atoms with E-state index in [4.69, 9.17) is 9.47 Å². The van der Waals surface area contributed by atoms with Crippen molar-refractivity contribution in [1.29, 1.82) is 0 Å². The molecule has 5 atom stereocenters. The van der Waals surface area contributed by atoms with E-state index in [2.05, 4.69) is 15.7 Å². The van der Waals surface area contributed by atoms with Crippen LogP contribution in [0.15, 0.2) is 79.0 Å². The van der Waals surface area contributed by atoms with Crippen LogP contribution in [-0.2, 0) is 51.2 Å². The van der Waals surface area contributed by atoms with Gasteiger partial charge in [0.2, 0.25) is 11.7 Å². The monoisotopic (exact) mass is 970 g/mol. The third-order valence-electron chi connectivity index (χ3n) is 13.0. The van der Waals surface area contributed by atoms with E-state index in [0.717, 1.165) is 22.4 Å². The smallest absolute Gasteiger partial charge is 0.407 e. The molecular weight excluding hydrogens is 895 g/mol. The van der Waals surface area contributed by atoms with Crippen LogP contribution in [0, 0.1) is 28.1 Å². The Hall–Kier alpha value is -5.84. The summed E-state index contributed by atoms with van der Waals surface area (Å²) < 4.78 is 10.8. The highest BCUT2D eigenvalue weighted by atomic mass is 16.6. The minimum atomic E-state index is -1.21. The van der Waals surface area contributed by atoms with Crippen molar-refractivity contribution in [2.75, 3.05) is 32.9 Å². The number of likely N-dealkylation sites (tertiary alicyclic amines) is 1. The molecule has 0 aliphatic carbocycles. The number of benzene rings is 2. The lowest BCUT2D eigenvalue weighted by molar-refractivity contribution is -0.161. The average molecular weight is 970 g/mol. The number of hydrogen-bond donors (Lipinski definition) is 4. The number of nitrogens with one attached hydrogen (secondary N) is 2. The van der Waals surface area contributed by atoms with Gasteiger partial charge >= 0.3 is 12.1 Å². The summed E-state index contributed by atoms with van der Waals surface area (Å²) in [4.78, 5) is 99.3. The molecule has 3 amide bonds. The van der Waals surface area contributed by atoms with Crippen molar-refractivity contribution in [3.05, 3.63) is 90.1 Å². The molecule has 1 aromatic heterocycles. The van der Waals surface area contributed by atoms with Gasteiger partial charge in [-0.15, -0.1) is 0 Å². The number of rotatable bonds is 24. The lowest BCUT2D eigenvalue weighted by atomic mass is 9.77. The van der Waals surface area contributed by atoms with Crippen molar-refractivity contribution < 1.29 is 53.2 Å². The highest BCUT2D eigenvalue weighted by Crippen LogP contribution is 2.31. The summed E-state index contributed by atoms with van der Waals surface area (Å²) in [5.74, 6) is -4.85. The number of esters is 1. The number of alkyl carbamates (subject to hydrolysis) is 1.